The molecule has 1 rings (SSSR count). The first-order valence-electron chi connectivity index (χ1n) is 8.73. The largest absolute Gasteiger partial charge is 0.379 e. The van der Waals surface area contributed by atoms with Crippen molar-refractivity contribution in [3.63, 3.8) is 0 Å². The molecule has 0 aromatic carbocycles. The lowest BCUT2D eigenvalue weighted by atomic mass is 10.0. The standard InChI is InChI=1S/C17H36N4O.HI/c1-13(2)11-16(21-7-9-22-10-8-21)12-19-17(18-6)20-15(5)14(3)4;/h13-16H,7-12H2,1-6H3,(H2,18,19,20);1H. The van der Waals surface area contributed by atoms with Crippen LogP contribution in [-0.2, 0) is 4.74 Å². The quantitative estimate of drug-likeness (QED) is 0.363. The molecule has 1 fully saturated rings. The van der Waals surface area contributed by atoms with E-state index in [0.29, 0.717) is 23.9 Å². The Hall–Kier alpha value is -0.0800. The average Bonchev–Trinajstić information content (AvgIpc) is 2.50. The topological polar surface area (TPSA) is 48.9 Å². The van der Waals surface area contributed by atoms with Crippen LogP contribution in [0.4, 0.5) is 0 Å². The van der Waals surface area contributed by atoms with E-state index in [2.05, 4.69) is 55.1 Å². The highest BCUT2D eigenvalue weighted by atomic mass is 127. The minimum absolute atomic E-state index is 0. The first-order valence-corrected chi connectivity index (χ1v) is 8.73. The molecule has 2 atom stereocenters. The minimum Gasteiger partial charge on any atom is -0.379 e. The Morgan fingerprint density at radius 2 is 1.74 bits per heavy atom. The van der Waals surface area contributed by atoms with Crippen molar-refractivity contribution in [2.24, 2.45) is 16.8 Å². The summed E-state index contributed by atoms with van der Waals surface area (Å²) in [5.74, 6) is 2.19. The van der Waals surface area contributed by atoms with E-state index in [9.17, 15) is 0 Å². The first kappa shape index (κ1) is 22.9. The summed E-state index contributed by atoms with van der Waals surface area (Å²) in [7, 11) is 1.84. The van der Waals surface area contributed by atoms with Gasteiger partial charge in [0.05, 0.1) is 13.2 Å². The number of morpholine rings is 1. The van der Waals surface area contributed by atoms with Gasteiger partial charge in [-0.3, -0.25) is 9.89 Å². The van der Waals surface area contributed by atoms with Gasteiger partial charge in [-0.15, -0.1) is 24.0 Å². The summed E-state index contributed by atoms with van der Waals surface area (Å²) in [5, 5.41) is 6.99. The summed E-state index contributed by atoms with van der Waals surface area (Å²) in [6, 6.07) is 0.954. The Labute approximate surface area is 160 Å². The van der Waals surface area contributed by atoms with Crippen molar-refractivity contribution in [1.29, 1.82) is 0 Å². The Morgan fingerprint density at radius 3 is 2.22 bits per heavy atom. The van der Waals surface area contributed by atoms with Crippen molar-refractivity contribution >= 4 is 29.9 Å². The maximum atomic E-state index is 5.48. The molecule has 5 nitrogen and oxygen atoms in total. The molecule has 0 aromatic heterocycles. The van der Waals surface area contributed by atoms with Crippen LogP contribution >= 0.6 is 24.0 Å². The molecule has 0 aromatic rings. The summed E-state index contributed by atoms with van der Waals surface area (Å²) in [6.45, 7) is 15.9. The SMILES string of the molecule is CN=C(NCC(CC(C)C)N1CCOCC1)NC(C)C(C)C.I. The third kappa shape index (κ3) is 9.10. The highest BCUT2D eigenvalue weighted by molar-refractivity contribution is 14.0. The molecule has 23 heavy (non-hydrogen) atoms. The van der Waals surface area contributed by atoms with Gasteiger partial charge in [-0.05, 0) is 25.2 Å². The van der Waals surface area contributed by atoms with Crippen molar-refractivity contribution in [2.75, 3.05) is 39.9 Å². The maximum Gasteiger partial charge on any atom is 0.191 e. The number of nitrogens with one attached hydrogen (secondary N) is 2. The molecule has 1 aliphatic rings. The molecule has 0 amide bonds. The molecule has 0 saturated carbocycles. The third-order valence-corrected chi connectivity index (χ3v) is 4.40. The molecule has 138 valence electrons. The van der Waals surface area contributed by atoms with Crippen molar-refractivity contribution in [3.8, 4) is 0 Å². The lowest BCUT2D eigenvalue weighted by Gasteiger charge is -2.36. The van der Waals surface area contributed by atoms with Gasteiger partial charge in [0, 0.05) is 38.8 Å². The number of guanidine groups is 1. The van der Waals surface area contributed by atoms with Gasteiger partial charge in [-0.2, -0.15) is 0 Å². The van der Waals surface area contributed by atoms with Gasteiger partial charge in [-0.1, -0.05) is 27.7 Å². The number of nitrogens with zero attached hydrogens (tertiary/aromatic N) is 2. The van der Waals surface area contributed by atoms with Crippen LogP contribution in [0.2, 0.25) is 0 Å². The number of hydrogen-bond acceptors (Lipinski definition) is 3. The van der Waals surface area contributed by atoms with Gasteiger partial charge in [-0.25, -0.2) is 0 Å². The zero-order valence-corrected chi connectivity index (χ0v) is 18.1. The second-order valence-electron chi connectivity index (χ2n) is 7.06. The molecule has 0 radical (unpaired) electrons. The summed E-state index contributed by atoms with van der Waals surface area (Å²) >= 11 is 0. The predicted molar refractivity (Wildman–Crippen MR) is 110 cm³/mol. The fourth-order valence-electron chi connectivity index (χ4n) is 2.64. The number of aliphatic imine (C=N–C) groups is 1. The van der Waals surface area contributed by atoms with E-state index in [4.69, 9.17) is 4.74 Å². The molecule has 6 heteroatoms. The second kappa shape index (κ2) is 12.3. The van der Waals surface area contributed by atoms with Crippen molar-refractivity contribution in [1.82, 2.24) is 15.5 Å². The number of ether oxygens (including phenoxy) is 1. The predicted octanol–water partition coefficient (Wildman–Crippen LogP) is 2.56. The average molecular weight is 440 g/mol. The fourth-order valence-corrected chi connectivity index (χ4v) is 2.64. The second-order valence-corrected chi connectivity index (χ2v) is 7.06. The Bertz CT molecular complexity index is 331. The van der Waals surface area contributed by atoms with Crippen LogP contribution in [0.1, 0.15) is 41.0 Å². The van der Waals surface area contributed by atoms with Crippen LogP contribution in [0.3, 0.4) is 0 Å². The van der Waals surface area contributed by atoms with E-state index in [1.54, 1.807) is 0 Å². The van der Waals surface area contributed by atoms with Crippen LogP contribution in [0.5, 0.6) is 0 Å². The lowest BCUT2D eigenvalue weighted by molar-refractivity contribution is 0.0132. The van der Waals surface area contributed by atoms with Gasteiger partial charge in [0.1, 0.15) is 0 Å². The molecule has 0 bridgehead atoms. The lowest BCUT2D eigenvalue weighted by Crippen LogP contribution is -2.52. The third-order valence-electron chi connectivity index (χ3n) is 4.40. The van der Waals surface area contributed by atoms with Crippen LogP contribution in [0.15, 0.2) is 4.99 Å². The number of hydrogen-bond donors (Lipinski definition) is 2. The molecule has 0 spiro atoms. The normalized spacial score (nSPS) is 19.4. The molecule has 2 unspecified atom stereocenters. The highest BCUT2D eigenvalue weighted by Gasteiger charge is 2.22. The summed E-state index contributed by atoms with van der Waals surface area (Å²) < 4.78 is 5.48. The number of halogens is 1. The van der Waals surface area contributed by atoms with Crippen LogP contribution in [-0.4, -0.2) is 62.8 Å². The summed E-state index contributed by atoms with van der Waals surface area (Å²) in [4.78, 5) is 6.91. The van der Waals surface area contributed by atoms with Crippen molar-refractivity contribution in [3.05, 3.63) is 0 Å². The van der Waals surface area contributed by atoms with Gasteiger partial charge >= 0.3 is 0 Å². The van der Waals surface area contributed by atoms with Gasteiger partial charge in [0.2, 0.25) is 0 Å². The molecule has 0 aliphatic carbocycles. The molecule has 1 heterocycles. The van der Waals surface area contributed by atoms with E-state index in [1.165, 1.54) is 6.42 Å². The van der Waals surface area contributed by atoms with Crippen LogP contribution < -0.4 is 10.6 Å². The Kier molecular flexibility index (Phi) is 12.3. The Balaban J connectivity index is 0.00000484. The monoisotopic (exact) mass is 440 g/mol. The minimum atomic E-state index is 0. The van der Waals surface area contributed by atoms with E-state index in [1.807, 2.05) is 7.05 Å². The van der Waals surface area contributed by atoms with Crippen LogP contribution in [0.25, 0.3) is 0 Å². The smallest absolute Gasteiger partial charge is 0.191 e. The molecule has 1 aliphatic heterocycles. The molecule has 1 saturated heterocycles. The zero-order chi connectivity index (χ0) is 16.5. The highest BCUT2D eigenvalue weighted by Crippen LogP contribution is 2.13. The van der Waals surface area contributed by atoms with Crippen LogP contribution in [0, 0.1) is 11.8 Å². The van der Waals surface area contributed by atoms with E-state index in [0.717, 1.165) is 38.8 Å². The van der Waals surface area contributed by atoms with Gasteiger partial charge in [0.25, 0.3) is 0 Å². The molecular formula is C17H37IN4O. The molecular weight excluding hydrogens is 403 g/mol. The fraction of sp³-hybridized carbons (Fsp3) is 0.941. The Morgan fingerprint density at radius 1 is 1.13 bits per heavy atom. The van der Waals surface area contributed by atoms with Gasteiger partial charge < -0.3 is 15.4 Å². The van der Waals surface area contributed by atoms with Gasteiger partial charge in [0.15, 0.2) is 5.96 Å². The van der Waals surface area contributed by atoms with Crippen molar-refractivity contribution < 1.29 is 4.74 Å². The van der Waals surface area contributed by atoms with E-state index in [-0.39, 0.29) is 24.0 Å². The number of rotatable bonds is 7. The summed E-state index contributed by atoms with van der Waals surface area (Å²) in [5.41, 5.74) is 0. The van der Waals surface area contributed by atoms with E-state index >= 15 is 0 Å². The molecule has 2 N–H and O–H groups in total. The maximum absolute atomic E-state index is 5.48. The summed E-state index contributed by atoms with van der Waals surface area (Å²) in [6.07, 6.45) is 1.20. The van der Waals surface area contributed by atoms with Crippen molar-refractivity contribution in [2.45, 2.75) is 53.1 Å². The van der Waals surface area contributed by atoms with E-state index < -0.39 is 0 Å². The zero-order valence-electron chi connectivity index (χ0n) is 15.8. The first-order chi connectivity index (χ1) is 10.4.